The lowest BCUT2D eigenvalue weighted by Crippen LogP contribution is -2.16. The van der Waals surface area contributed by atoms with E-state index in [1.165, 1.54) is 6.07 Å². The van der Waals surface area contributed by atoms with Crippen molar-refractivity contribution < 1.29 is 13.6 Å². The number of aryl methyl sites for hydroxylation is 2. The summed E-state index contributed by atoms with van der Waals surface area (Å²) in [6, 6.07) is 8.74. The molecule has 0 saturated carbocycles. The highest BCUT2D eigenvalue weighted by molar-refractivity contribution is 6.05. The van der Waals surface area contributed by atoms with Gasteiger partial charge in [0.25, 0.3) is 5.91 Å². The largest absolute Gasteiger partial charge is 0.322 e. The Labute approximate surface area is 110 Å². The number of carbonyl (C=O) groups is 1. The van der Waals surface area contributed by atoms with Crippen molar-refractivity contribution in [1.29, 1.82) is 0 Å². The Kier molecular flexibility index (Phi) is 3.60. The number of benzene rings is 2. The summed E-state index contributed by atoms with van der Waals surface area (Å²) in [4.78, 5) is 11.9. The Hall–Kier alpha value is -2.23. The molecule has 0 saturated heterocycles. The zero-order valence-corrected chi connectivity index (χ0v) is 10.6. The lowest BCUT2D eigenvalue weighted by molar-refractivity contribution is 0.101. The first kappa shape index (κ1) is 13.2. The second-order valence-corrected chi connectivity index (χ2v) is 4.37. The second kappa shape index (κ2) is 5.18. The van der Waals surface area contributed by atoms with Crippen molar-refractivity contribution in [1.82, 2.24) is 0 Å². The molecule has 4 heteroatoms. The van der Waals surface area contributed by atoms with Crippen molar-refractivity contribution >= 4 is 11.6 Å². The molecule has 0 fully saturated rings. The van der Waals surface area contributed by atoms with E-state index in [9.17, 15) is 13.6 Å². The molecular formula is C15H13F2NO. The summed E-state index contributed by atoms with van der Waals surface area (Å²) in [6.45, 7) is 3.75. The van der Waals surface area contributed by atoms with Gasteiger partial charge >= 0.3 is 0 Å². The Morgan fingerprint density at radius 3 is 2.26 bits per heavy atom. The molecule has 0 spiro atoms. The van der Waals surface area contributed by atoms with Crippen molar-refractivity contribution in [3.63, 3.8) is 0 Å². The van der Waals surface area contributed by atoms with E-state index >= 15 is 0 Å². The van der Waals surface area contributed by atoms with Crippen molar-refractivity contribution in [3.05, 3.63) is 64.7 Å². The molecule has 0 aliphatic carbocycles. The maximum atomic E-state index is 13.5. The first-order valence-corrected chi connectivity index (χ1v) is 5.81. The summed E-state index contributed by atoms with van der Waals surface area (Å²) >= 11 is 0. The van der Waals surface area contributed by atoms with E-state index in [0.717, 1.165) is 23.3 Å². The van der Waals surface area contributed by atoms with Crippen molar-refractivity contribution in [2.45, 2.75) is 13.8 Å². The summed E-state index contributed by atoms with van der Waals surface area (Å²) in [5, 5.41) is 2.52. The fraction of sp³-hybridized carbons (Fsp3) is 0.133. The predicted molar refractivity (Wildman–Crippen MR) is 70.2 cm³/mol. The van der Waals surface area contributed by atoms with Gasteiger partial charge in [-0.3, -0.25) is 4.79 Å². The van der Waals surface area contributed by atoms with Crippen molar-refractivity contribution in [2.75, 3.05) is 5.32 Å². The summed E-state index contributed by atoms with van der Waals surface area (Å²) in [6.07, 6.45) is 0. The van der Waals surface area contributed by atoms with E-state index in [1.54, 1.807) is 6.07 Å². The highest BCUT2D eigenvalue weighted by atomic mass is 19.1. The van der Waals surface area contributed by atoms with E-state index in [0.29, 0.717) is 5.69 Å². The topological polar surface area (TPSA) is 29.1 Å². The SMILES string of the molecule is Cc1ccc(NC(=O)c2c(F)cccc2F)c(C)c1. The minimum atomic E-state index is -0.873. The fourth-order valence-electron chi connectivity index (χ4n) is 1.85. The first-order chi connectivity index (χ1) is 8.99. The number of rotatable bonds is 2. The smallest absolute Gasteiger partial charge is 0.261 e. The van der Waals surface area contributed by atoms with E-state index in [-0.39, 0.29) is 0 Å². The number of halogens is 2. The molecule has 1 N–H and O–H groups in total. The Bertz CT molecular complexity index is 618. The van der Waals surface area contributed by atoms with E-state index in [1.807, 2.05) is 26.0 Å². The number of anilines is 1. The molecule has 0 unspecified atom stereocenters. The molecule has 2 aromatic carbocycles. The van der Waals surface area contributed by atoms with Gasteiger partial charge in [-0.05, 0) is 37.6 Å². The maximum Gasteiger partial charge on any atom is 0.261 e. The first-order valence-electron chi connectivity index (χ1n) is 5.81. The number of hydrogen-bond donors (Lipinski definition) is 1. The van der Waals surface area contributed by atoms with Gasteiger partial charge in [0.05, 0.1) is 0 Å². The van der Waals surface area contributed by atoms with E-state index < -0.39 is 23.1 Å². The third-order valence-electron chi connectivity index (χ3n) is 2.82. The van der Waals surface area contributed by atoms with Crippen LogP contribution in [0, 0.1) is 25.5 Å². The van der Waals surface area contributed by atoms with E-state index in [2.05, 4.69) is 5.32 Å². The van der Waals surface area contributed by atoms with Crippen LogP contribution >= 0.6 is 0 Å². The molecule has 19 heavy (non-hydrogen) atoms. The molecule has 0 aliphatic rings. The fourth-order valence-corrected chi connectivity index (χ4v) is 1.85. The summed E-state index contributed by atoms with van der Waals surface area (Å²) in [7, 11) is 0. The second-order valence-electron chi connectivity index (χ2n) is 4.37. The minimum absolute atomic E-state index is 0.540. The van der Waals surface area contributed by atoms with Crippen LogP contribution in [0.25, 0.3) is 0 Å². The summed E-state index contributed by atoms with van der Waals surface area (Å²) in [5.74, 6) is -2.54. The molecule has 0 aliphatic heterocycles. The molecule has 2 aromatic rings. The minimum Gasteiger partial charge on any atom is -0.322 e. The summed E-state index contributed by atoms with van der Waals surface area (Å²) in [5.41, 5.74) is 1.86. The van der Waals surface area contributed by atoms with Crippen LogP contribution in [0.2, 0.25) is 0 Å². The Morgan fingerprint density at radius 2 is 1.68 bits per heavy atom. The molecule has 98 valence electrons. The lowest BCUT2D eigenvalue weighted by Gasteiger charge is -2.10. The van der Waals surface area contributed by atoms with Gasteiger partial charge in [0.15, 0.2) is 0 Å². The monoisotopic (exact) mass is 261 g/mol. The van der Waals surface area contributed by atoms with Gasteiger partial charge in [-0.1, -0.05) is 23.8 Å². The predicted octanol–water partition coefficient (Wildman–Crippen LogP) is 3.83. The zero-order valence-electron chi connectivity index (χ0n) is 10.6. The maximum absolute atomic E-state index is 13.5. The van der Waals surface area contributed by atoms with Crippen LogP contribution < -0.4 is 5.32 Å². The van der Waals surface area contributed by atoms with Crippen molar-refractivity contribution in [2.24, 2.45) is 0 Å². The summed E-state index contributed by atoms with van der Waals surface area (Å²) < 4.78 is 26.9. The molecule has 0 heterocycles. The number of hydrogen-bond acceptors (Lipinski definition) is 1. The van der Waals surface area contributed by atoms with E-state index in [4.69, 9.17) is 0 Å². The number of nitrogens with one attached hydrogen (secondary N) is 1. The molecular weight excluding hydrogens is 248 g/mol. The molecule has 0 bridgehead atoms. The van der Waals surface area contributed by atoms with Gasteiger partial charge in [0.2, 0.25) is 0 Å². The van der Waals surface area contributed by atoms with Gasteiger partial charge in [0.1, 0.15) is 17.2 Å². The molecule has 0 aromatic heterocycles. The van der Waals surface area contributed by atoms with Crippen LogP contribution in [0.15, 0.2) is 36.4 Å². The standard InChI is InChI=1S/C15H13F2NO/c1-9-6-7-13(10(2)8-9)18-15(19)14-11(16)4-3-5-12(14)17/h3-8H,1-2H3,(H,18,19). The highest BCUT2D eigenvalue weighted by Crippen LogP contribution is 2.19. The van der Waals surface area contributed by atoms with Crippen molar-refractivity contribution in [3.8, 4) is 0 Å². The van der Waals surface area contributed by atoms with Crippen LogP contribution in [0.4, 0.5) is 14.5 Å². The van der Waals surface area contributed by atoms with Gasteiger partial charge in [-0.2, -0.15) is 0 Å². The Morgan fingerprint density at radius 1 is 1.05 bits per heavy atom. The Balaban J connectivity index is 2.31. The number of carbonyl (C=O) groups excluding carboxylic acids is 1. The zero-order chi connectivity index (χ0) is 14.0. The third kappa shape index (κ3) is 2.78. The molecule has 0 atom stereocenters. The van der Waals surface area contributed by atoms with Crippen LogP contribution in [0.1, 0.15) is 21.5 Å². The molecule has 0 radical (unpaired) electrons. The highest BCUT2D eigenvalue weighted by Gasteiger charge is 2.17. The molecule has 2 nitrogen and oxygen atoms in total. The third-order valence-corrected chi connectivity index (χ3v) is 2.82. The van der Waals surface area contributed by atoms with Gasteiger partial charge in [0, 0.05) is 5.69 Å². The quantitative estimate of drug-likeness (QED) is 0.874. The van der Waals surface area contributed by atoms with Gasteiger partial charge in [-0.25, -0.2) is 8.78 Å². The van der Waals surface area contributed by atoms with Gasteiger partial charge in [-0.15, -0.1) is 0 Å². The van der Waals surface area contributed by atoms with Crippen LogP contribution in [-0.2, 0) is 0 Å². The normalized spacial score (nSPS) is 10.3. The van der Waals surface area contributed by atoms with Crippen LogP contribution in [0.3, 0.4) is 0 Å². The average Bonchev–Trinajstić information content (AvgIpc) is 2.32. The number of amides is 1. The molecule has 1 amide bonds. The average molecular weight is 261 g/mol. The van der Waals surface area contributed by atoms with Crippen LogP contribution in [0.5, 0.6) is 0 Å². The molecule has 2 rings (SSSR count). The van der Waals surface area contributed by atoms with Crippen LogP contribution in [-0.4, -0.2) is 5.91 Å². The lowest BCUT2D eigenvalue weighted by atomic mass is 10.1. The van der Waals surface area contributed by atoms with Gasteiger partial charge < -0.3 is 5.32 Å².